The van der Waals surface area contributed by atoms with Gasteiger partial charge in [-0.3, -0.25) is 0 Å². The fourth-order valence-electron chi connectivity index (χ4n) is 3.94. The number of guanidine groups is 1. The summed E-state index contributed by atoms with van der Waals surface area (Å²) in [6.07, 6.45) is 4.44. The van der Waals surface area contributed by atoms with Gasteiger partial charge in [0.1, 0.15) is 12.4 Å². The van der Waals surface area contributed by atoms with Crippen LogP contribution in [-0.4, -0.2) is 35.6 Å². The summed E-state index contributed by atoms with van der Waals surface area (Å²) in [7, 11) is 0. The molecule has 2 aromatic carbocycles. The Morgan fingerprint density at radius 2 is 1.94 bits per heavy atom. The van der Waals surface area contributed by atoms with Gasteiger partial charge in [0.15, 0.2) is 5.96 Å². The molecule has 1 aliphatic heterocycles. The number of nitrogens with one attached hydrogen (secondary N) is 3. The van der Waals surface area contributed by atoms with Gasteiger partial charge in [-0.15, -0.1) is 0 Å². The van der Waals surface area contributed by atoms with Crippen LogP contribution in [0.25, 0.3) is 11.3 Å². The lowest BCUT2D eigenvalue weighted by atomic mass is 10.1. The van der Waals surface area contributed by atoms with Crippen LogP contribution >= 0.6 is 0 Å². The summed E-state index contributed by atoms with van der Waals surface area (Å²) in [6.45, 7) is 7.86. The maximum Gasteiger partial charge on any atom is 0.192 e. The van der Waals surface area contributed by atoms with Crippen LogP contribution in [0.3, 0.4) is 0 Å². The number of anilines is 1. The van der Waals surface area contributed by atoms with Crippen molar-refractivity contribution in [3.05, 3.63) is 72.2 Å². The molecule has 3 N–H and O–H groups in total. The summed E-state index contributed by atoms with van der Waals surface area (Å²) in [6, 6.07) is 19.2. The standard InChI is InChI=1S/C25H32N6/c1-3-26-25(28-18-24-27-17-23(30-24)20-10-5-4-6-11-20)29-19(2)21-12-9-13-22(16-21)31-14-7-8-15-31/h4-6,9-13,16-17,19H,3,7-8,14-15,18H2,1-2H3,(H,27,30)(H2,26,28,29). The van der Waals surface area contributed by atoms with Crippen molar-refractivity contribution in [2.24, 2.45) is 4.99 Å². The van der Waals surface area contributed by atoms with Gasteiger partial charge in [-0.1, -0.05) is 42.5 Å². The number of benzene rings is 2. The Hall–Kier alpha value is -3.28. The largest absolute Gasteiger partial charge is 0.372 e. The summed E-state index contributed by atoms with van der Waals surface area (Å²) in [5.41, 5.74) is 4.71. The molecule has 1 aliphatic rings. The molecule has 6 heteroatoms. The number of imidazole rings is 1. The Bertz CT molecular complexity index is 988. The second kappa shape index (κ2) is 10.2. The van der Waals surface area contributed by atoms with Gasteiger partial charge in [0.25, 0.3) is 0 Å². The molecule has 4 rings (SSSR count). The van der Waals surface area contributed by atoms with Crippen molar-refractivity contribution in [3.63, 3.8) is 0 Å². The van der Waals surface area contributed by atoms with E-state index >= 15 is 0 Å². The van der Waals surface area contributed by atoms with Crippen LogP contribution in [0.1, 0.15) is 44.1 Å². The van der Waals surface area contributed by atoms with Gasteiger partial charge in [-0.05, 0) is 49.9 Å². The monoisotopic (exact) mass is 416 g/mol. The average Bonchev–Trinajstić information content (AvgIpc) is 3.51. The third-order valence-corrected chi connectivity index (χ3v) is 5.64. The molecule has 1 saturated heterocycles. The second-order valence-corrected chi connectivity index (χ2v) is 7.96. The summed E-state index contributed by atoms with van der Waals surface area (Å²) >= 11 is 0. The number of rotatable bonds is 7. The van der Waals surface area contributed by atoms with Gasteiger partial charge in [-0.2, -0.15) is 0 Å². The van der Waals surface area contributed by atoms with E-state index in [1.165, 1.54) is 24.1 Å². The molecule has 3 aromatic rings. The van der Waals surface area contributed by atoms with Gasteiger partial charge in [0, 0.05) is 25.3 Å². The number of H-pyrrole nitrogens is 1. The smallest absolute Gasteiger partial charge is 0.192 e. The summed E-state index contributed by atoms with van der Waals surface area (Å²) < 4.78 is 0. The molecule has 0 amide bonds. The minimum atomic E-state index is 0.150. The topological polar surface area (TPSA) is 68.3 Å². The van der Waals surface area contributed by atoms with Crippen molar-refractivity contribution in [3.8, 4) is 11.3 Å². The molecular weight excluding hydrogens is 384 g/mol. The lowest BCUT2D eigenvalue weighted by molar-refractivity contribution is 0.684. The molecule has 31 heavy (non-hydrogen) atoms. The highest BCUT2D eigenvalue weighted by molar-refractivity contribution is 5.80. The molecule has 2 heterocycles. The molecule has 0 saturated carbocycles. The number of aromatic nitrogens is 2. The molecule has 0 radical (unpaired) electrons. The van der Waals surface area contributed by atoms with Gasteiger partial charge < -0.3 is 20.5 Å². The molecule has 1 aromatic heterocycles. The fraction of sp³-hybridized carbons (Fsp3) is 0.360. The first-order chi connectivity index (χ1) is 15.2. The first-order valence-corrected chi connectivity index (χ1v) is 11.2. The van der Waals surface area contributed by atoms with Crippen LogP contribution in [0.4, 0.5) is 5.69 Å². The highest BCUT2D eigenvalue weighted by Crippen LogP contribution is 2.24. The quantitative estimate of drug-likeness (QED) is 0.392. The SMILES string of the molecule is CCNC(=NCc1ncc(-c2ccccc2)[nH]1)NC(C)c1cccc(N2CCCC2)c1. The Morgan fingerprint density at radius 3 is 2.71 bits per heavy atom. The Morgan fingerprint density at radius 1 is 1.13 bits per heavy atom. The second-order valence-electron chi connectivity index (χ2n) is 7.96. The van der Waals surface area contributed by atoms with Gasteiger partial charge >= 0.3 is 0 Å². The minimum Gasteiger partial charge on any atom is -0.372 e. The van der Waals surface area contributed by atoms with Gasteiger partial charge in [-0.25, -0.2) is 9.98 Å². The van der Waals surface area contributed by atoms with Gasteiger partial charge in [0.05, 0.1) is 17.9 Å². The van der Waals surface area contributed by atoms with Crippen molar-refractivity contribution in [1.29, 1.82) is 0 Å². The summed E-state index contributed by atoms with van der Waals surface area (Å²) in [5.74, 6) is 1.64. The third-order valence-electron chi connectivity index (χ3n) is 5.64. The first-order valence-electron chi connectivity index (χ1n) is 11.2. The molecule has 0 bridgehead atoms. The normalized spacial score (nSPS) is 15.2. The number of nitrogens with zero attached hydrogens (tertiary/aromatic N) is 3. The third kappa shape index (κ3) is 5.45. The van der Waals surface area contributed by atoms with Crippen molar-refractivity contribution in [2.75, 3.05) is 24.5 Å². The zero-order valence-electron chi connectivity index (χ0n) is 18.4. The molecule has 1 atom stereocenters. The maximum absolute atomic E-state index is 4.75. The maximum atomic E-state index is 4.75. The Kier molecular flexibility index (Phi) is 6.87. The van der Waals surface area contributed by atoms with Gasteiger partial charge in [0.2, 0.25) is 0 Å². The van der Waals surface area contributed by atoms with Crippen LogP contribution in [0.5, 0.6) is 0 Å². The highest BCUT2D eigenvalue weighted by Gasteiger charge is 2.14. The van der Waals surface area contributed by atoms with E-state index in [1.54, 1.807) is 0 Å². The number of aromatic amines is 1. The Balaban J connectivity index is 1.42. The van der Waals surface area contributed by atoms with E-state index in [1.807, 2.05) is 24.4 Å². The van der Waals surface area contributed by atoms with Crippen LogP contribution in [0.2, 0.25) is 0 Å². The number of hydrogen-bond acceptors (Lipinski definition) is 3. The van der Waals surface area contributed by atoms with Crippen LogP contribution in [0.15, 0.2) is 65.8 Å². The molecular formula is C25H32N6. The molecule has 1 fully saturated rings. The van der Waals surface area contributed by atoms with Crippen LogP contribution in [-0.2, 0) is 6.54 Å². The van der Waals surface area contributed by atoms with Crippen molar-refractivity contribution < 1.29 is 0 Å². The Labute approximate surface area is 184 Å². The van der Waals surface area contributed by atoms with E-state index in [0.717, 1.165) is 42.7 Å². The van der Waals surface area contributed by atoms with Crippen molar-refractivity contribution >= 4 is 11.6 Å². The van der Waals surface area contributed by atoms with E-state index in [9.17, 15) is 0 Å². The fourth-order valence-corrected chi connectivity index (χ4v) is 3.94. The van der Waals surface area contributed by atoms with E-state index in [-0.39, 0.29) is 6.04 Å². The molecule has 0 aliphatic carbocycles. The molecule has 0 spiro atoms. The zero-order chi connectivity index (χ0) is 21.5. The van der Waals surface area contributed by atoms with Crippen LogP contribution < -0.4 is 15.5 Å². The molecule has 162 valence electrons. The lowest BCUT2D eigenvalue weighted by Gasteiger charge is -2.22. The molecule has 1 unspecified atom stereocenters. The van der Waals surface area contributed by atoms with Crippen molar-refractivity contribution in [1.82, 2.24) is 20.6 Å². The highest BCUT2D eigenvalue weighted by atomic mass is 15.2. The van der Waals surface area contributed by atoms with Crippen LogP contribution in [0, 0.1) is 0 Å². The average molecular weight is 417 g/mol. The minimum absolute atomic E-state index is 0.150. The first kappa shape index (κ1) is 21.0. The van der Waals surface area contributed by atoms with E-state index < -0.39 is 0 Å². The van der Waals surface area contributed by atoms with Crippen molar-refractivity contribution in [2.45, 2.75) is 39.3 Å². The summed E-state index contributed by atoms with van der Waals surface area (Å²) in [4.78, 5) is 15.1. The number of aliphatic imine (C=N–C) groups is 1. The summed E-state index contributed by atoms with van der Waals surface area (Å²) in [5, 5.41) is 6.89. The molecule has 6 nitrogen and oxygen atoms in total. The van der Waals surface area contributed by atoms with E-state index in [4.69, 9.17) is 4.99 Å². The van der Waals surface area contributed by atoms with E-state index in [0.29, 0.717) is 6.54 Å². The number of hydrogen-bond donors (Lipinski definition) is 3. The predicted octanol–water partition coefficient (Wildman–Crippen LogP) is 4.49. The van der Waals surface area contributed by atoms with E-state index in [2.05, 4.69) is 75.7 Å². The lowest BCUT2D eigenvalue weighted by Crippen LogP contribution is -2.38. The predicted molar refractivity (Wildman–Crippen MR) is 128 cm³/mol. The zero-order valence-corrected chi connectivity index (χ0v) is 18.4.